The number of methoxy groups -OCH3 is 1. The van der Waals surface area contributed by atoms with E-state index in [1.165, 1.54) is 12.7 Å². The topological polar surface area (TPSA) is 35.5 Å². The third kappa shape index (κ3) is 5.93. The summed E-state index contributed by atoms with van der Waals surface area (Å²) in [6.45, 7) is 4.28. The highest BCUT2D eigenvalue weighted by molar-refractivity contribution is 5.71. The van der Waals surface area contributed by atoms with Crippen LogP contribution in [0.25, 0.3) is 11.1 Å². The quantitative estimate of drug-likeness (QED) is 0.572. The number of ether oxygens (including phenoxy) is 2. The maximum absolute atomic E-state index is 11.3. The Bertz CT molecular complexity index is 664. The molecule has 3 heteroatoms. The van der Waals surface area contributed by atoms with Gasteiger partial charge in [0.25, 0.3) is 0 Å². The van der Waals surface area contributed by atoms with Crippen molar-refractivity contribution in [1.29, 1.82) is 0 Å². The van der Waals surface area contributed by atoms with Crippen molar-refractivity contribution < 1.29 is 14.3 Å². The fourth-order valence-electron chi connectivity index (χ4n) is 2.90. The van der Waals surface area contributed by atoms with Gasteiger partial charge in [-0.15, -0.1) is 0 Å². The standard InChI is InChI=1S/C22H28O3/c1-4-9-17(2)25-21-15-14-18(10-8-13-22(23)24-3)16-20(21)19-11-6-5-7-12-19/h5-7,11-12,14-17H,4,8-10,13H2,1-3H3. The Hall–Kier alpha value is -2.29. The van der Waals surface area contributed by atoms with Crippen LogP contribution in [0, 0.1) is 0 Å². The van der Waals surface area contributed by atoms with E-state index < -0.39 is 0 Å². The molecule has 0 N–H and O–H groups in total. The van der Waals surface area contributed by atoms with E-state index in [4.69, 9.17) is 9.47 Å². The van der Waals surface area contributed by atoms with Gasteiger partial charge in [0.2, 0.25) is 0 Å². The molecule has 0 radical (unpaired) electrons. The van der Waals surface area contributed by atoms with Crippen molar-refractivity contribution >= 4 is 5.97 Å². The van der Waals surface area contributed by atoms with Crippen molar-refractivity contribution in [3.8, 4) is 16.9 Å². The first-order chi connectivity index (χ1) is 12.1. The number of carbonyl (C=O) groups is 1. The van der Waals surface area contributed by atoms with Crippen molar-refractivity contribution in [2.75, 3.05) is 7.11 Å². The average Bonchev–Trinajstić information content (AvgIpc) is 2.63. The highest BCUT2D eigenvalue weighted by atomic mass is 16.5. The molecule has 2 aromatic carbocycles. The van der Waals surface area contributed by atoms with Gasteiger partial charge in [0.05, 0.1) is 13.2 Å². The summed E-state index contributed by atoms with van der Waals surface area (Å²) < 4.78 is 10.9. The van der Waals surface area contributed by atoms with Crippen molar-refractivity contribution in [3.63, 3.8) is 0 Å². The van der Waals surface area contributed by atoms with Crippen LogP contribution in [0.5, 0.6) is 5.75 Å². The number of hydrogen-bond donors (Lipinski definition) is 0. The molecule has 0 heterocycles. The Morgan fingerprint density at radius 1 is 1.12 bits per heavy atom. The lowest BCUT2D eigenvalue weighted by molar-refractivity contribution is -0.140. The van der Waals surface area contributed by atoms with Gasteiger partial charge in [-0.3, -0.25) is 4.79 Å². The van der Waals surface area contributed by atoms with E-state index in [2.05, 4.69) is 44.2 Å². The van der Waals surface area contributed by atoms with Crippen molar-refractivity contribution in [3.05, 3.63) is 54.1 Å². The summed E-state index contributed by atoms with van der Waals surface area (Å²) in [5.74, 6) is 0.764. The molecule has 0 aliphatic carbocycles. The van der Waals surface area contributed by atoms with Crippen LogP contribution in [0.15, 0.2) is 48.5 Å². The molecule has 2 aromatic rings. The Balaban J connectivity index is 2.20. The van der Waals surface area contributed by atoms with E-state index in [1.807, 2.05) is 18.2 Å². The number of rotatable bonds is 9. The Morgan fingerprint density at radius 2 is 1.88 bits per heavy atom. The predicted octanol–water partition coefficient (Wildman–Crippen LogP) is 5.42. The van der Waals surface area contributed by atoms with Crippen molar-refractivity contribution in [2.45, 2.75) is 52.1 Å². The molecule has 0 aliphatic heterocycles. The summed E-state index contributed by atoms with van der Waals surface area (Å²) in [7, 11) is 1.43. The van der Waals surface area contributed by atoms with Crippen LogP contribution in [0.4, 0.5) is 0 Å². The Labute approximate surface area is 151 Å². The fraction of sp³-hybridized carbons (Fsp3) is 0.409. The van der Waals surface area contributed by atoms with Gasteiger partial charge < -0.3 is 9.47 Å². The van der Waals surface area contributed by atoms with Crippen LogP contribution < -0.4 is 4.74 Å². The smallest absolute Gasteiger partial charge is 0.305 e. The summed E-state index contributed by atoms with van der Waals surface area (Å²) in [6, 6.07) is 16.6. The summed E-state index contributed by atoms with van der Waals surface area (Å²) in [5, 5.41) is 0. The van der Waals surface area contributed by atoms with E-state index in [0.717, 1.165) is 42.6 Å². The SMILES string of the molecule is CCCC(C)Oc1ccc(CCCC(=O)OC)cc1-c1ccccc1. The molecule has 3 nitrogen and oxygen atoms in total. The first-order valence-corrected chi connectivity index (χ1v) is 9.05. The molecule has 25 heavy (non-hydrogen) atoms. The summed E-state index contributed by atoms with van der Waals surface area (Å²) >= 11 is 0. The van der Waals surface area contributed by atoms with Gasteiger partial charge in [-0.05, 0) is 49.4 Å². The van der Waals surface area contributed by atoms with Crippen LogP contribution in [0.3, 0.4) is 0 Å². The molecule has 0 fully saturated rings. The summed E-state index contributed by atoms with van der Waals surface area (Å²) in [4.78, 5) is 11.3. The second-order valence-electron chi connectivity index (χ2n) is 6.34. The molecule has 0 aliphatic rings. The highest BCUT2D eigenvalue weighted by Gasteiger charge is 2.11. The zero-order valence-corrected chi connectivity index (χ0v) is 15.5. The molecular formula is C22H28O3. The zero-order chi connectivity index (χ0) is 18.1. The molecule has 2 rings (SSSR count). The van der Waals surface area contributed by atoms with Crippen LogP contribution in [0.2, 0.25) is 0 Å². The molecular weight excluding hydrogens is 312 g/mol. The minimum Gasteiger partial charge on any atom is -0.490 e. The molecule has 0 saturated carbocycles. The van der Waals surface area contributed by atoms with Crippen molar-refractivity contribution in [2.24, 2.45) is 0 Å². The van der Waals surface area contributed by atoms with Crippen LogP contribution in [0.1, 0.15) is 45.1 Å². The minimum absolute atomic E-state index is 0.156. The van der Waals surface area contributed by atoms with Crippen molar-refractivity contribution in [1.82, 2.24) is 0 Å². The Kier molecular flexibility index (Phi) is 7.52. The third-order valence-corrected chi connectivity index (χ3v) is 4.23. The first-order valence-electron chi connectivity index (χ1n) is 9.05. The molecule has 0 aromatic heterocycles. The van der Waals surface area contributed by atoms with E-state index in [-0.39, 0.29) is 12.1 Å². The van der Waals surface area contributed by atoms with E-state index in [9.17, 15) is 4.79 Å². The van der Waals surface area contributed by atoms with Gasteiger partial charge in [-0.25, -0.2) is 0 Å². The lowest BCUT2D eigenvalue weighted by Gasteiger charge is -2.18. The first kappa shape index (κ1) is 19.0. The lowest BCUT2D eigenvalue weighted by atomic mass is 9.99. The zero-order valence-electron chi connectivity index (χ0n) is 15.5. The number of benzene rings is 2. The molecule has 1 atom stereocenters. The minimum atomic E-state index is -0.156. The normalized spacial score (nSPS) is 11.8. The lowest BCUT2D eigenvalue weighted by Crippen LogP contribution is -2.11. The number of hydrogen-bond acceptors (Lipinski definition) is 3. The molecule has 0 amide bonds. The summed E-state index contributed by atoms with van der Waals surface area (Å²) in [5.41, 5.74) is 3.47. The largest absolute Gasteiger partial charge is 0.490 e. The van der Waals surface area contributed by atoms with Crippen LogP contribution in [-0.2, 0) is 16.0 Å². The number of carbonyl (C=O) groups excluding carboxylic acids is 1. The second-order valence-corrected chi connectivity index (χ2v) is 6.34. The average molecular weight is 340 g/mol. The number of esters is 1. The fourth-order valence-corrected chi connectivity index (χ4v) is 2.90. The van der Waals surface area contributed by atoms with Gasteiger partial charge >= 0.3 is 5.97 Å². The molecule has 134 valence electrons. The van der Waals surface area contributed by atoms with Gasteiger partial charge in [0.15, 0.2) is 0 Å². The van der Waals surface area contributed by atoms with E-state index >= 15 is 0 Å². The van der Waals surface area contributed by atoms with Crippen LogP contribution in [-0.4, -0.2) is 19.2 Å². The second kappa shape index (κ2) is 9.87. The maximum Gasteiger partial charge on any atom is 0.305 e. The maximum atomic E-state index is 11.3. The van der Waals surface area contributed by atoms with E-state index in [1.54, 1.807) is 0 Å². The van der Waals surface area contributed by atoms with Gasteiger partial charge in [-0.2, -0.15) is 0 Å². The highest BCUT2D eigenvalue weighted by Crippen LogP contribution is 2.32. The third-order valence-electron chi connectivity index (χ3n) is 4.23. The molecule has 0 spiro atoms. The van der Waals surface area contributed by atoms with Crippen LogP contribution >= 0.6 is 0 Å². The molecule has 1 unspecified atom stereocenters. The summed E-state index contributed by atoms with van der Waals surface area (Å²) in [6.07, 6.45) is 4.41. The molecule has 0 bridgehead atoms. The number of aryl methyl sites for hydroxylation is 1. The van der Waals surface area contributed by atoms with E-state index in [0.29, 0.717) is 6.42 Å². The van der Waals surface area contributed by atoms with Gasteiger partial charge in [0.1, 0.15) is 5.75 Å². The molecule has 0 saturated heterocycles. The predicted molar refractivity (Wildman–Crippen MR) is 102 cm³/mol. The Morgan fingerprint density at radius 3 is 2.56 bits per heavy atom. The monoisotopic (exact) mass is 340 g/mol. The van der Waals surface area contributed by atoms with Gasteiger partial charge in [0, 0.05) is 12.0 Å². The van der Waals surface area contributed by atoms with Gasteiger partial charge in [-0.1, -0.05) is 49.7 Å².